The van der Waals surface area contributed by atoms with Crippen molar-refractivity contribution < 1.29 is 9.90 Å². The molecule has 62 valence electrons. The van der Waals surface area contributed by atoms with E-state index in [2.05, 4.69) is 5.32 Å². The number of hydrogen-bond donors (Lipinski definition) is 2. The Labute approximate surface area is 65.8 Å². The van der Waals surface area contributed by atoms with Gasteiger partial charge in [0.2, 0.25) is 5.91 Å². The Balaban J connectivity index is 2.18. The van der Waals surface area contributed by atoms with E-state index in [4.69, 9.17) is 0 Å². The monoisotopic (exact) mass is 155 g/mol. The van der Waals surface area contributed by atoms with Gasteiger partial charge in [-0.3, -0.25) is 4.79 Å². The van der Waals surface area contributed by atoms with Gasteiger partial charge in [0, 0.05) is 0 Å². The highest BCUT2D eigenvalue weighted by Crippen LogP contribution is 2.36. The van der Waals surface area contributed by atoms with Gasteiger partial charge in [-0.2, -0.15) is 0 Å². The molecule has 2 N–H and O–H groups in total. The maximum atomic E-state index is 10.9. The minimum atomic E-state index is -0.433. The second-order valence-electron chi connectivity index (χ2n) is 3.63. The molecule has 0 bridgehead atoms. The largest absolute Gasteiger partial charge is 0.390 e. The van der Waals surface area contributed by atoms with Crippen LogP contribution in [0.25, 0.3) is 0 Å². The number of carbonyl (C=O) groups excluding carboxylic acids is 1. The lowest BCUT2D eigenvalue weighted by Gasteiger charge is -2.26. The van der Waals surface area contributed by atoms with Crippen molar-refractivity contribution >= 4 is 5.91 Å². The number of hydrogen-bond acceptors (Lipinski definition) is 2. The van der Waals surface area contributed by atoms with E-state index in [1.165, 1.54) is 0 Å². The molecule has 2 aliphatic rings. The van der Waals surface area contributed by atoms with Crippen molar-refractivity contribution in [2.75, 3.05) is 0 Å². The van der Waals surface area contributed by atoms with Gasteiger partial charge in [0.1, 0.15) is 0 Å². The van der Waals surface area contributed by atoms with Crippen LogP contribution in [0.5, 0.6) is 0 Å². The van der Waals surface area contributed by atoms with Gasteiger partial charge in [-0.05, 0) is 12.8 Å². The molecule has 0 aromatic heterocycles. The van der Waals surface area contributed by atoms with Crippen molar-refractivity contribution in [3.8, 4) is 0 Å². The Morgan fingerprint density at radius 2 is 2.09 bits per heavy atom. The minimum absolute atomic E-state index is 0.0133. The smallest absolute Gasteiger partial charge is 0.223 e. The number of amides is 1. The molecule has 0 radical (unpaired) electrons. The zero-order valence-electron chi connectivity index (χ0n) is 6.47. The Bertz CT molecular complexity index is 185. The van der Waals surface area contributed by atoms with Crippen LogP contribution in [0.2, 0.25) is 0 Å². The van der Waals surface area contributed by atoms with E-state index in [-0.39, 0.29) is 11.4 Å². The SMILES string of the molecule is O=C1CC(O)C2(CCCC2)N1. The molecule has 11 heavy (non-hydrogen) atoms. The maximum Gasteiger partial charge on any atom is 0.223 e. The molecule has 1 heterocycles. The fraction of sp³-hybridized carbons (Fsp3) is 0.875. The number of nitrogens with one attached hydrogen (secondary N) is 1. The van der Waals surface area contributed by atoms with E-state index in [1.54, 1.807) is 0 Å². The van der Waals surface area contributed by atoms with Gasteiger partial charge in [0.25, 0.3) is 0 Å². The molecule has 0 aromatic rings. The van der Waals surface area contributed by atoms with Crippen molar-refractivity contribution in [1.82, 2.24) is 5.32 Å². The van der Waals surface area contributed by atoms with Crippen molar-refractivity contribution in [3.63, 3.8) is 0 Å². The number of carbonyl (C=O) groups is 1. The lowest BCUT2D eigenvalue weighted by molar-refractivity contribution is -0.119. The number of rotatable bonds is 0. The topological polar surface area (TPSA) is 49.3 Å². The van der Waals surface area contributed by atoms with Gasteiger partial charge >= 0.3 is 0 Å². The molecular formula is C8H13NO2. The van der Waals surface area contributed by atoms with E-state index in [1.807, 2.05) is 0 Å². The van der Waals surface area contributed by atoms with Gasteiger partial charge in [0.05, 0.1) is 18.1 Å². The Morgan fingerprint density at radius 1 is 1.45 bits per heavy atom. The maximum absolute atomic E-state index is 10.9. The summed E-state index contributed by atoms with van der Waals surface area (Å²) in [4.78, 5) is 10.9. The van der Waals surface area contributed by atoms with Gasteiger partial charge in [-0.15, -0.1) is 0 Å². The molecule has 1 unspecified atom stereocenters. The van der Waals surface area contributed by atoms with Crippen LogP contribution < -0.4 is 5.32 Å². The van der Waals surface area contributed by atoms with E-state index >= 15 is 0 Å². The molecule has 3 nitrogen and oxygen atoms in total. The summed E-state index contributed by atoms with van der Waals surface area (Å²) < 4.78 is 0. The molecule has 1 amide bonds. The summed E-state index contributed by atoms with van der Waals surface area (Å²) in [5.41, 5.74) is -0.225. The summed E-state index contributed by atoms with van der Waals surface area (Å²) >= 11 is 0. The summed E-state index contributed by atoms with van der Waals surface area (Å²) in [5, 5.41) is 12.5. The lowest BCUT2D eigenvalue weighted by atomic mass is 9.93. The van der Waals surface area contributed by atoms with Crippen LogP contribution in [0.1, 0.15) is 32.1 Å². The van der Waals surface area contributed by atoms with Crippen LogP contribution in [0.4, 0.5) is 0 Å². The average Bonchev–Trinajstić information content (AvgIpc) is 2.45. The first kappa shape index (κ1) is 7.10. The Morgan fingerprint density at radius 3 is 2.55 bits per heavy atom. The van der Waals surface area contributed by atoms with Crippen LogP contribution >= 0.6 is 0 Å². The van der Waals surface area contributed by atoms with Crippen molar-refractivity contribution in [2.45, 2.75) is 43.7 Å². The third-order valence-electron chi connectivity index (χ3n) is 2.90. The molecule has 1 saturated heterocycles. The van der Waals surface area contributed by atoms with E-state index < -0.39 is 6.10 Å². The first-order valence-corrected chi connectivity index (χ1v) is 4.22. The van der Waals surface area contributed by atoms with E-state index in [0.29, 0.717) is 6.42 Å². The Hall–Kier alpha value is -0.570. The molecule has 1 spiro atoms. The molecule has 1 aliphatic heterocycles. The van der Waals surface area contributed by atoms with E-state index in [0.717, 1.165) is 25.7 Å². The fourth-order valence-electron chi connectivity index (χ4n) is 2.25. The molecule has 3 heteroatoms. The summed E-state index contributed by atoms with van der Waals surface area (Å²) in [7, 11) is 0. The third-order valence-corrected chi connectivity index (χ3v) is 2.90. The summed E-state index contributed by atoms with van der Waals surface area (Å²) in [6.07, 6.45) is 4.06. The van der Waals surface area contributed by atoms with Gasteiger partial charge in [0.15, 0.2) is 0 Å². The molecule has 1 aliphatic carbocycles. The molecule has 1 atom stereocenters. The first-order chi connectivity index (χ1) is 5.23. The predicted molar refractivity (Wildman–Crippen MR) is 40.0 cm³/mol. The summed E-state index contributed by atoms with van der Waals surface area (Å²) in [6, 6.07) is 0. The predicted octanol–water partition coefficient (Wildman–Crippen LogP) is 0.180. The highest BCUT2D eigenvalue weighted by Gasteiger charge is 2.47. The average molecular weight is 155 g/mol. The van der Waals surface area contributed by atoms with Gasteiger partial charge in [-0.25, -0.2) is 0 Å². The first-order valence-electron chi connectivity index (χ1n) is 4.22. The van der Waals surface area contributed by atoms with Crippen LogP contribution in [0.3, 0.4) is 0 Å². The van der Waals surface area contributed by atoms with Crippen LogP contribution in [-0.4, -0.2) is 22.7 Å². The number of aliphatic hydroxyl groups is 1. The highest BCUT2D eigenvalue weighted by atomic mass is 16.3. The van der Waals surface area contributed by atoms with Crippen LogP contribution in [0, 0.1) is 0 Å². The number of aliphatic hydroxyl groups excluding tert-OH is 1. The fourth-order valence-corrected chi connectivity index (χ4v) is 2.25. The zero-order valence-corrected chi connectivity index (χ0v) is 6.47. The van der Waals surface area contributed by atoms with Crippen LogP contribution in [-0.2, 0) is 4.79 Å². The Kier molecular flexibility index (Phi) is 1.42. The zero-order chi connectivity index (χ0) is 7.90. The van der Waals surface area contributed by atoms with Crippen molar-refractivity contribution in [3.05, 3.63) is 0 Å². The minimum Gasteiger partial charge on any atom is -0.390 e. The summed E-state index contributed by atoms with van der Waals surface area (Å²) in [5.74, 6) is 0.0133. The lowest BCUT2D eigenvalue weighted by Crippen LogP contribution is -2.45. The normalized spacial score (nSPS) is 34.6. The quantitative estimate of drug-likeness (QED) is 0.524. The molecular weight excluding hydrogens is 142 g/mol. The second kappa shape index (κ2) is 2.21. The van der Waals surface area contributed by atoms with Crippen LogP contribution in [0.15, 0.2) is 0 Å². The van der Waals surface area contributed by atoms with Crippen molar-refractivity contribution in [2.24, 2.45) is 0 Å². The molecule has 2 fully saturated rings. The summed E-state index contributed by atoms with van der Waals surface area (Å²) in [6.45, 7) is 0. The van der Waals surface area contributed by atoms with Gasteiger partial charge < -0.3 is 10.4 Å². The molecule has 1 saturated carbocycles. The second-order valence-corrected chi connectivity index (χ2v) is 3.63. The van der Waals surface area contributed by atoms with Gasteiger partial charge in [-0.1, -0.05) is 12.8 Å². The highest BCUT2D eigenvalue weighted by molar-refractivity contribution is 5.80. The third kappa shape index (κ3) is 0.948. The van der Waals surface area contributed by atoms with E-state index in [9.17, 15) is 9.90 Å². The molecule has 2 rings (SSSR count). The standard InChI is InChI=1S/C8H13NO2/c10-6-5-7(11)9-8(6)3-1-2-4-8/h6,10H,1-5H2,(H,9,11). The molecule has 0 aromatic carbocycles. The van der Waals surface area contributed by atoms with Crippen molar-refractivity contribution in [1.29, 1.82) is 0 Å².